The lowest BCUT2D eigenvalue weighted by atomic mass is 9.98. The Morgan fingerprint density at radius 1 is 1.14 bits per heavy atom. The van der Waals surface area contributed by atoms with Gasteiger partial charge in [-0.2, -0.15) is 0 Å². The van der Waals surface area contributed by atoms with Gasteiger partial charge in [0.1, 0.15) is 5.60 Å². The number of hydrogen-bond donors (Lipinski definition) is 3. The zero-order valence-electron chi connectivity index (χ0n) is 18.3. The zero-order valence-corrected chi connectivity index (χ0v) is 20.7. The number of hydrogen-bond acceptors (Lipinski definition) is 4. The van der Waals surface area contributed by atoms with Gasteiger partial charge in [-0.3, -0.25) is 9.79 Å². The van der Waals surface area contributed by atoms with Crippen molar-refractivity contribution in [2.45, 2.75) is 65.5 Å². The molecule has 0 bridgehead atoms. The van der Waals surface area contributed by atoms with Gasteiger partial charge in [0, 0.05) is 32.2 Å². The second-order valence-corrected chi connectivity index (χ2v) is 9.04. The molecule has 1 unspecified atom stereocenters. The number of aliphatic imine (C=N–C) groups is 1. The van der Waals surface area contributed by atoms with Gasteiger partial charge in [0.05, 0.1) is 6.54 Å². The van der Waals surface area contributed by atoms with E-state index in [0.29, 0.717) is 25.0 Å². The van der Waals surface area contributed by atoms with Crippen molar-refractivity contribution in [1.29, 1.82) is 0 Å². The van der Waals surface area contributed by atoms with Crippen LogP contribution in [0.3, 0.4) is 0 Å². The van der Waals surface area contributed by atoms with Crippen molar-refractivity contribution in [3.8, 4) is 0 Å². The predicted molar refractivity (Wildman–Crippen MR) is 123 cm³/mol. The standard InChI is InChI=1S/C19H37N5O3.HI/c1-18(2,3)23-15(25)12-22-16(20-7)21-11-14-9-8-10-24(13-14)17(26)27-19(4,5)6;/h14H,8-13H2,1-7H3,(H,23,25)(H2,20,21,22);1H. The summed E-state index contributed by atoms with van der Waals surface area (Å²) in [4.78, 5) is 30.1. The quantitative estimate of drug-likeness (QED) is 0.306. The zero-order chi connectivity index (χ0) is 20.7. The summed E-state index contributed by atoms with van der Waals surface area (Å²) in [6.07, 6.45) is 1.73. The van der Waals surface area contributed by atoms with E-state index in [1.165, 1.54) is 0 Å². The highest BCUT2D eigenvalue weighted by molar-refractivity contribution is 14.0. The smallest absolute Gasteiger partial charge is 0.410 e. The average Bonchev–Trinajstić information content (AvgIpc) is 2.52. The lowest BCUT2D eigenvalue weighted by molar-refractivity contribution is -0.121. The summed E-state index contributed by atoms with van der Waals surface area (Å²) in [7, 11) is 1.67. The molecule has 2 amide bonds. The van der Waals surface area contributed by atoms with Crippen LogP contribution in [0.2, 0.25) is 0 Å². The SMILES string of the molecule is CN=C(NCC(=O)NC(C)(C)C)NCC1CCCN(C(=O)OC(C)(C)C)C1.I. The number of nitrogens with one attached hydrogen (secondary N) is 3. The third-order valence-corrected chi connectivity index (χ3v) is 3.88. The van der Waals surface area contributed by atoms with Crippen LogP contribution < -0.4 is 16.0 Å². The number of halogens is 1. The van der Waals surface area contributed by atoms with Crippen LogP contribution in [-0.4, -0.2) is 67.2 Å². The van der Waals surface area contributed by atoms with Gasteiger partial charge in [-0.25, -0.2) is 4.79 Å². The number of piperidine rings is 1. The molecule has 0 aliphatic carbocycles. The van der Waals surface area contributed by atoms with Crippen LogP contribution in [0.1, 0.15) is 54.4 Å². The first-order valence-electron chi connectivity index (χ1n) is 9.63. The van der Waals surface area contributed by atoms with E-state index in [9.17, 15) is 9.59 Å². The number of carbonyl (C=O) groups is 2. The van der Waals surface area contributed by atoms with Gasteiger partial charge >= 0.3 is 6.09 Å². The maximum Gasteiger partial charge on any atom is 0.410 e. The molecule has 164 valence electrons. The Kier molecular flexibility index (Phi) is 11.1. The Morgan fingerprint density at radius 3 is 2.32 bits per heavy atom. The Hall–Kier alpha value is -1.26. The number of nitrogens with zero attached hydrogens (tertiary/aromatic N) is 2. The van der Waals surface area contributed by atoms with Crippen molar-refractivity contribution in [2.75, 3.05) is 33.2 Å². The van der Waals surface area contributed by atoms with Gasteiger partial charge in [-0.15, -0.1) is 24.0 Å². The Morgan fingerprint density at radius 2 is 1.79 bits per heavy atom. The fraction of sp³-hybridized carbons (Fsp3) is 0.842. The van der Waals surface area contributed by atoms with Crippen molar-refractivity contribution in [3.05, 3.63) is 0 Å². The van der Waals surface area contributed by atoms with Crippen LogP contribution in [0, 0.1) is 5.92 Å². The molecule has 9 heteroatoms. The van der Waals surface area contributed by atoms with E-state index < -0.39 is 5.60 Å². The second-order valence-electron chi connectivity index (χ2n) is 9.04. The number of carbonyl (C=O) groups excluding carboxylic acids is 2. The van der Waals surface area contributed by atoms with Crippen molar-refractivity contribution < 1.29 is 14.3 Å². The molecule has 0 aromatic rings. The van der Waals surface area contributed by atoms with Gasteiger partial charge in [0.2, 0.25) is 5.91 Å². The second kappa shape index (κ2) is 11.7. The largest absolute Gasteiger partial charge is 0.444 e. The fourth-order valence-corrected chi connectivity index (χ4v) is 2.81. The van der Waals surface area contributed by atoms with Crippen LogP contribution in [0.25, 0.3) is 0 Å². The molecule has 1 rings (SSSR count). The highest BCUT2D eigenvalue weighted by atomic mass is 127. The fourth-order valence-electron chi connectivity index (χ4n) is 2.81. The molecule has 1 aliphatic rings. The first kappa shape index (κ1) is 26.7. The molecule has 1 aliphatic heterocycles. The minimum atomic E-state index is -0.484. The van der Waals surface area contributed by atoms with Gasteiger partial charge in [-0.05, 0) is 60.3 Å². The molecule has 1 heterocycles. The van der Waals surface area contributed by atoms with Gasteiger partial charge in [-0.1, -0.05) is 0 Å². The maximum absolute atomic E-state index is 12.2. The van der Waals surface area contributed by atoms with Crippen LogP contribution in [0.4, 0.5) is 4.79 Å². The molecule has 1 fully saturated rings. The monoisotopic (exact) mass is 511 g/mol. The Labute approximate surface area is 186 Å². The van der Waals surface area contributed by atoms with E-state index in [1.54, 1.807) is 11.9 Å². The molecule has 0 aromatic carbocycles. The molecule has 0 saturated carbocycles. The van der Waals surface area contributed by atoms with Crippen molar-refractivity contribution in [2.24, 2.45) is 10.9 Å². The van der Waals surface area contributed by atoms with E-state index in [2.05, 4.69) is 20.9 Å². The van der Waals surface area contributed by atoms with Gasteiger partial charge < -0.3 is 25.6 Å². The number of rotatable bonds is 4. The predicted octanol–water partition coefficient (Wildman–Crippen LogP) is 2.33. The number of likely N-dealkylation sites (tertiary alicyclic amines) is 1. The van der Waals surface area contributed by atoms with E-state index in [-0.39, 0.29) is 48.1 Å². The van der Waals surface area contributed by atoms with Crippen molar-refractivity contribution in [1.82, 2.24) is 20.9 Å². The number of guanidine groups is 1. The molecule has 1 saturated heterocycles. The summed E-state index contributed by atoms with van der Waals surface area (Å²) in [6.45, 7) is 13.7. The van der Waals surface area contributed by atoms with Crippen molar-refractivity contribution in [3.63, 3.8) is 0 Å². The first-order valence-corrected chi connectivity index (χ1v) is 9.63. The summed E-state index contributed by atoms with van der Waals surface area (Å²) >= 11 is 0. The molecule has 0 aromatic heterocycles. The molecule has 0 radical (unpaired) electrons. The molecule has 3 N–H and O–H groups in total. The molecule has 8 nitrogen and oxygen atoms in total. The molecule has 1 atom stereocenters. The number of amides is 2. The highest BCUT2D eigenvalue weighted by Gasteiger charge is 2.27. The summed E-state index contributed by atoms with van der Waals surface area (Å²) < 4.78 is 5.46. The normalized spacial score (nSPS) is 18.0. The maximum atomic E-state index is 12.2. The molecular weight excluding hydrogens is 473 g/mol. The van der Waals surface area contributed by atoms with E-state index in [4.69, 9.17) is 4.74 Å². The summed E-state index contributed by atoms with van der Waals surface area (Å²) in [5.41, 5.74) is -0.745. The van der Waals surface area contributed by atoms with E-state index >= 15 is 0 Å². The molecular formula is C19H38IN5O3. The summed E-state index contributed by atoms with van der Waals surface area (Å²) in [6, 6.07) is 0. The first-order chi connectivity index (χ1) is 12.4. The third-order valence-electron chi connectivity index (χ3n) is 3.88. The minimum Gasteiger partial charge on any atom is -0.444 e. The van der Waals surface area contributed by atoms with E-state index in [0.717, 1.165) is 19.4 Å². The van der Waals surface area contributed by atoms with E-state index in [1.807, 2.05) is 41.5 Å². The lowest BCUT2D eigenvalue weighted by Gasteiger charge is -2.34. The topological polar surface area (TPSA) is 95.1 Å². The van der Waals surface area contributed by atoms with Crippen LogP contribution in [0.5, 0.6) is 0 Å². The highest BCUT2D eigenvalue weighted by Crippen LogP contribution is 2.18. The van der Waals surface area contributed by atoms with Crippen LogP contribution in [-0.2, 0) is 9.53 Å². The van der Waals surface area contributed by atoms with Crippen molar-refractivity contribution >= 4 is 41.9 Å². The Balaban J connectivity index is 0.00000729. The van der Waals surface area contributed by atoms with Gasteiger partial charge in [0.15, 0.2) is 5.96 Å². The Bertz CT molecular complexity index is 541. The average molecular weight is 511 g/mol. The lowest BCUT2D eigenvalue weighted by Crippen LogP contribution is -2.50. The summed E-state index contributed by atoms with van der Waals surface area (Å²) in [5, 5.41) is 9.16. The molecule has 0 spiro atoms. The minimum absolute atomic E-state index is 0. The van der Waals surface area contributed by atoms with Gasteiger partial charge in [0.25, 0.3) is 0 Å². The van der Waals surface area contributed by atoms with Crippen LogP contribution >= 0.6 is 24.0 Å². The third kappa shape index (κ3) is 11.6. The van der Waals surface area contributed by atoms with Crippen LogP contribution in [0.15, 0.2) is 4.99 Å². The number of ether oxygens (including phenoxy) is 1. The summed E-state index contributed by atoms with van der Waals surface area (Å²) in [5.74, 6) is 0.806. The molecule has 28 heavy (non-hydrogen) atoms.